The minimum atomic E-state index is -4.96. The van der Waals surface area contributed by atoms with Crippen molar-refractivity contribution in [2.45, 2.75) is 6.18 Å². The van der Waals surface area contributed by atoms with Crippen LogP contribution in [0.2, 0.25) is 0 Å². The number of hydrogen-bond acceptors (Lipinski definition) is 4. The first kappa shape index (κ1) is 18.5. The molecule has 1 aromatic carbocycles. The Bertz CT molecular complexity index is 953. The Labute approximate surface area is 145 Å². The van der Waals surface area contributed by atoms with Crippen molar-refractivity contribution in [2.75, 3.05) is 5.73 Å². The van der Waals surface area contributed by atoms with E-state index in [-0.39, 0.29) is 0 Å². The van der Waals surface area contributed by atoms with Gasteiger partial charge in [0.25, 0.3) is 5.56 Å². The second-order valence-electron chi connectivity index (χ2n) is 4.76. The molecular weight excluding hydrogens is 413 g/mol. The summed E-state index contributed by atoms with van der Waals surface area (Å²) >= 11 is 2.71. The first-order chi connectivity index (χ1) is 11.5. The minimum absolute atomic E-state index is 0.455. The van der Waals surface area contributed by atoms with Crippen LogP contribution in [0.15, 0.2) is 27.5 Å². The molecule has 0 atom stereocenters. The summed E-state index contributed by atoms with van der Waals surface area (Å²) in [5.74, 6) is -4.45. The van der Waals surface area contributed by atoms with Gasteiger partial charge >= 0.3 is 18.1 Å². The molecule has 2 rings (SSSR count). The molecule has 0 radical (unpaired) electrons. The lowest BCUT2D eigenvalue weighted by Crippen LogP contribution is -2.25. The highest BCUT2D eigenvalue weighted by Gasteiger charge is 2.39. The molecule has 7 nitrogen and oxygen atoms in total. The highest BCUT2D eigenvalue weighted by molar-refractivity contribution is 9.10. The van der Waals surface area contributed by atoms with E-state index in [9.17, 15) is 37.8 Å². The molecule has 25 heavy (non-hydrogen) atoms. The van der Waals surface area contributed by atoms with Crippen LogP contribution in [-0.2, 0) is 6.18 Å². The molecule has 1 heterocycles. The van der Waals surface area contributed by atoms with E-state index in [2.05, 4.69) is 15.9 Å². The standard InChI is InChI=1S/C14H8BrF3N2O5/c15-5-3-1-2-4(9(5)14(16,17)18)6-7(12(22)23)10(19)20-11(21)8(6)13(24)25/h1-3H,(H,22,23)(H,24,25)(H3,19,20,21). The minimum Gasteiger partial charge on any atom is -0.478 e. The highest BCUT2D eigenvalue weighted by Crippen LogP contribution is 2.43. The number of nitrogens with two attached hydrogens (primary N) is 1. The lowest BCUT2D eigenvalue weighted by atomic mass is 9.91. The molecule has 2 aromatic rings. The molecule has 0 fully saturated rings. The zero-order valence-corrected chi connectivity index (χ0v) is 13.5. The predicted molar refractivity (Wildman–Crippen MR) is 83.5 cm³/mol. The SMILES string of the molecule is Nc1[nH]c(=O)c(C(=O)O)c(-c2cccc(Br)c2C(F)(F)F)c1C(=O)O. The summed E-state index contributed by atoms with van der Waals surface area (Å²) in [5, 5.41) is 18.5. The first-order valence-corrected chi connectivity index (χ1v) is 7.14. The Morgan fingerprint density at radius 3 is 2.16 bits per heavy atom. The zero-order valence-electron chi connectivity index (χ0n) is 11.9. The number of aromatic carboxylic acids is 2. The van der Waals surface area contributed by atoms with Gasteiger partial charge in [0.05, 0.1) is 5.56 Å². The van der Waals surface area contributed by atoms with Crippen molar-refractivity contribution in [1.82, 2.24) is 4.98 Å². The number of carboxylic acids is 2. The largest absolute Gasteiger partial charge is 0.478 e. The van der Waals surface area contributed by atoms with Crippen molar-refractivity contribution < 1.29 is 33.0 Å². The number of aromatic nitrogens is 1. The number of aromatic amines is 1. The van der Waals surface area contributed by atoms with Gasteiger partial charge in [-0.3, -0.25) is 4.79 Å². The van der Waals surface area contributed by atoms with Gasteiger partial charge in [-0.2, -0.15) is 13.2 Å². The maximum absolute atomic E-state index is 13.4. The van der Waals surface area contributed by atoms with Crippen molar-refractivity contribution in [3.05, 3.63) is 49.7 Å². The number of anilines is 1. The average molecular weight is 421 g/mol. The van der Waals surface area contributed by atoms with Gasteiger partial charge in [-0.15, -0.1) is 0 Å². The number of halogens is 4. The third-order valence-corrected chi connectivity index (χ3v) is 3.90. The quantitative estimate of drug-likeness (QED) is 0.603. The first-order valence-electron chi connectivity index (χ1n) is 6.35. The summed E-state index contributed by atoms with van der Waals surface area (Å²) in [5.41, 5.74) is -1.06. The van der Waals surface area contributed by atoms with Crippen LogP contribution < -0.4 is 11.3 Å². The van der Waals surface area contributed by atoms with Gasteiger partial charge in [0.2, 0.25) is 0 Å². The van der Waals surface area contributed by atoms with E-state index in [1.165, 1.54) is 0 Å². The summed E-state index contributed by atoms with van der Waals surface area (Å²) in [6.45, 7) is 0. The Hall–Kier alpha value is -2.82. The van der Waals surface area contributed by atoms with E-state index >= 15 is 0 Å². The summed E-state index contributed by atoms with van der Waals surface area (Å²) in [4.78, 5) is 36.6. The Morgan fingerprint density at radius 2 is 1.68 bits per heavy atom. The number of H-pyrrole nitrogens is 1. The van der Waals surface area contributed by atoms with Crippen LogP contribution in [0.4, 0.5) is 19.0 Å². The van der Waals surface area contributed by atoms with Gasteiger partial charge in [-0.25, -0.2) is 9.59 Å². The molecule has 0 saturated heterocycles. The van der Waals surface area contributed by atoms with Crippen molar-refractivity contribution in [3.8, 4) is 11.1 Å². The van der Waals surface area contributed by atoms with E-state index in [1.54, 1.807) is 0 Å². The van der Waals surface area contributed by atoms with Crippen molar-refractivity contribution >= 4 is 33.7 Å². The summed E-state index contributed by atoms with van der Waals surface area (Å²) in [6.07, 6.45) is -4.96. The van der Waals surface area contributed by atoms with Crippen molar-refractivity contribution in [3.63, 3.8) is 0 Å². The van der Waals surface area contributed by atoms with Crippen LogP contribution in [-0.4, -0.2) is 27.1 Å². The highest BCUT2D eigenvalue weighted by atomic mass is 79.9. The number of carbonyl (C=O) groups is 2. The van der Waals surface area contributed by atoms with E-state index in [0.29, 0.717) is 0 Å². The Morgan fingerprint density at radius 1 is 1.12 bits per heavy atom. The molecule has 1 aromatic heterocycles. The van der Waals surface area contributed by atoms with Gasteiger partial charge in [0, 0.05) is 10.0 Å². The maximum atomic E-state index is 13.4. The molecule has 0 aliphatic rings. The molecule has 0 aliphatic heterocycles. The fraction of sp³-hybridized carbons (Fsp3) is 0.0714. The lowest BCUT2D eigenvalue weighted by molar-refractivity contribution is -0.137. The molecule has 0 unspecified atom stereocenters. The van der Waals surface area contributed by atoms with Crippen LogP contribution in [0.5, 0.6) is 0 Å². The number of nitrogen functional groups attached to an aromatic ring is 1. The lowest BCUT2D eigenvalue weighted by Gasteiger charge is -2.18. The molecule has 5 N–H and O–H groups in total. The molecule has 0 amide bonds. The molecule has 0 saturated carbocycles. The number of benzene rings is 1. The number of nitrogens with one attached hydrogen (secondary N) is 1. The molecular formula is C14H8BrF3N2O5. The molecule has 132 valence electrons. The van der Waals surface area contributed by atoms with Gasteiger partial charge < -0.3 is 20.9 Å². The number of alkyl halides is 3. The third kappa shape index (κ3) is 3.22. The summed E-state index contributed by atoms with van der Waals surface area (Å²) < 4.78 is 39.8. The van der Waals surface area contributed by atoms with E-state index in [1.807, 2.05) is 4.98 Å². The van der Waals surface area contributed by atoms with Crippen LogP contribution in [0.1, 0.15) is 26.3 Å². The number of rotatable bonds is 3. The number of hydrogen-bond donors (Lipinski definition) is 4. The smallest absolute Gasteiger partial charge is 0.418 e. The molecule has 11 heteroatoms. The van der Waals surface area contributed by atoms with Gasteiger partial charge in [0.15, 0.2) is 0 Å². The summed E-state index contributed by atoms with van der Waals surface area (Å²) in [7, 11) is 0. The monoisotopic (exact) mass is 420 g/mol. The second kappa shape index (κ2) is 6.24. The molecule has 0 bridgehead atoms. The Kier molecular flexibility index (Phi) is 4.62. The topological polar surface area (TPSA) is 133 Å². The second-order valence-corrected chi connectivity index (χ2v) is 5.62. The average Bonchev–Trinajstić information content (AvgIpc) is 2.43. The van der Waals surface area contributed by atoms with Gasteiger partial charge in [-0.1, -0.05) is 28.1 Å². The van der Waals surface area contributed by atoms with Crippen LogP contribution in [0.3, 0.4) is 0 Å². The number of pyridine rings is 1. The molecule has 0 spiro atoms. The fourth-order valence-electron chi connectivity index (χ4n) is 2.34. The van der Waals surface area contributed by atoms with Gasteiger partial charge in [-0.05, 0) is 11.6 Å². The van der Waals surface area contributed by atoms with E-state index in [4.69, 9.17) is 5.73 Å². The van der Waals surface area contributed by atoms with Gasteiger partial charge in [0.1, 0.15) is 16.9 Å². The van der Waals surface area contributed by atoms with E-state index < -0.39 is 61.8 Å². The Balaban J connectivity index is 3.13. The van der Waals surface area contributed by atoms with Crippen LogP contribution in [0, 0.1) is 0 Å². The molecule has 0 aliphatic carbocycles. The number of carboxylic acid groups (broad SMARTS) is 2. The fourth-order valence-corrected chi connectivity index (χ4v) is 2.93. The van der Waals surface area contributed by atoms with Crippen molar-refractivity contribution in [1.29, 1.82) is 0 Å². The third-order valence-electron chi connectivity index (χ3n) is 3.24. The predicted octanol–water partition coefficient (Wildman–Crippen LogP) is 2.80. The van der Waals surface area contributed by atoms with Crippen LogP contribution in [0.25, 0.3) is 11.1 Å². The normalized spacial score (nSPS) is 11.4. The summed E-state index contributed by atoms with van der Waals surface area (Å²) in [6, 6.07) is 3.05. The van der Waals surface area contributed by atoms with Crippen molar-refractivity contribution in [2.24, 2.45) is 0 Å². The van der Waals surface area contributed by atoms with Crippen LogP contribution >= 0.6 is 15.9 Å². The van der Waals surface area contributed by atoms with E-state index in [0.717, 1.165) is 18.2 Å². The maximum Gasteiger partial charge on any atom is 0.418 e. The zero-order chi connectivity index (χ0) is 19.1.